The summed E-state index contributed by atoms with van der Waals surface area (Å²) >= 11 is 0. The molecule has 0 aromatic heterocycles. The Labute approximate surface area is 117 Å². The molecule has 2 nitrogen and oxygen atoms in total. The van der Waals surface area contributed by atoms with Gasteiger partial charge in [0, 0.05) is 5.56 Å². The first-order valence-electron chi connectivity index (χ1n) is 6.48. The van der Waals surface area contributed by atoms with E-state index in [1.807, 2.05) is 6.92 Å². The number of nitrogens with one attached hydrogen (secondary N) is 1. The maximum Gasteiger partial charge on any atom is 0.165 e. The predicted octanol–water partition coefficient (Wildman–Crippen LogP) is 3.67. The molecule has 0 saturated carbocycles. The fourth-order valence-corrected chi connectivity index (χ4v) is 2.18. The van der Waals surface area contributed by atoms with Crippen molar-refractivity contribution < 1.29 is 13.5 Å². The van der Waals surface area contributed by atoms with E-state index in [-0.39, 0.29) is 17.6 Å². The Morgan fingerprint density at radius 1 is 1.10 bits per heavy atom. The molecule has 0 radical (unpaired) electrons. The number of hydrogen-bond donors (Lipinski definition) is 1. The molecule has 0 aliphatic rings. The van der Waals surface area contributed by atoms with Gasteiger partial charge in [0.15, 0.2) is 11.6 Å². The Kier molecular flexibility index (Phi) is 4.69. The van der Waals surface area contributed by atoms with Gasteiger partial charge in [-0.25, -0.2) is 8.78 Å². The monoisotopic (exact) mass is 277 g/mol. The molecule has 0 saturated heterocycles. The van der Waals surface area contributed by atoms with Gasteiger partial charge in [-0.15, -0.1) is 0 Å². The van der Waals surface area contributed by atoms with Crippen LogP contribution in [0.2, 0.25) is 0 Å². The van der Waals surface area contributed by atoms with Crippen LogP contribution in [0.4, 0.5) is 8.78 Å². The van der Waals surface area contributed by atoms with E-state index in [1.54, 1.807) is 30.3 Å². The first kappa shape index (κ1) is 14.5. The third-order valence-electron chi connectivity index (χ3n) is 3.13. The van der Waals surface area contributed by atoms with Gasteiger partial charge in [0.1, 0.15) is 5.82 Å². The quantitative estimate of drug-likeness (QED) is 0.900. The average molecular weight is 277 g/mol. The van der Waals surface area contributed by atoms with Gasteiger partial charge in [0.05, 0.1) is 13.2 Å². The van der Waals surface area contributed by atoms with Crippen LogP contribution in [-0.4, -0.2) is 13.7 Å². The number of ether oxygens (including phenoxy) is 1. The third-order valence-corrected chi connectivity index (χ3v) is 3.13. The highest BCUT2D eigenvalue weighted by Gasteiger charge is 2.18. The second-order valence-corrected chi connectivity index (χ2v) is 4.41. The van der Waals surface area contributed by atoms with Gasteiger partial charge < -0.3 is 10.1 Å². The van der Waals surface area contributed by atoms with Crippen LogP contribution in [-0.2, 0) is 0 Å². The van der Waals surface area contributed by atoms with Crippen molar-refractivity contribution in [1.82, 2.24) is 5.32 Å². The van der Waals surface area contributed by atoms with E-state index in [4.69, 9.17) is 4.74 Å². The summed E-state index contributed by atoms with van der Waals surface area (Å²) < 4.78 is 32.7. The third kappa shape index (κ3) is 2.96. The van der Waals surface area contributed by atoms with Crippen molar-refractivity contribution in [2.24, 2.45) is 0 Å². The molecule has 0 aliphatic heterocycles. The Bertz CT molecular complexity index is 586. The van der Waals surface area contributed by atoms with Crippen LogP contribution < -0.4 is 10.1 Å². The Hall–Kier alpha value is -1.94. The van der Waals surface area contributed by atoms with E-state index in [9.17, 15) is 8.78 Å². The lowest BCUT2D eigenvalue weighted by Crippen LogP contribution is -2.23. The number of hydrogen-bond acceptors (Lipinski definition) is 2. The minimum absolute atomic E-state index is 0.178. The van der Waals surface area contributed by atoms with Crippen molar-refractivity contribution in [1.29, 1.82) is 0 Å². The second kappa shape index (κ2) is 6.48. The summed E-state index contributed by atoms with van der Waals surface area (Å²) in [6.07, 6.45) is 0. The Morgan fingerprint density at radius 2 is 1.85 bits per heavy atom. The summed E-state index contributed by atoms with van der Waals surface area (Å²) in [5.74, 6) is -0.587. The van der Waals surface area contributed by atoms with Crippen molar-refractivity contribution in [2.75, 3.05) is 13.7 Å². The van der Waals surface area contributed by atoms with Gasteiger partial charge in [0.25, 0.3) is 0 Å². The first-order valence-corrected chi connectivity index (χ1v) is 6.48. The molecule has 0 heterocycles. The van der Waals surface area contributed by atoms with Crippen LogP contribution in [0.1, 0.15) is 24.1 Å². The number of halogens is 2. The molecule has 20 heavy (non-hydrogen) atoms. The topological polar surface area (TPSA) is 21.3 Å². The molecule has 2 rings (SSSR count). The van der Waals surface area contributed by atoms with Crippen LogP contribution >= 0.6 is 0 Å². The lowest BCUT2D eigenvalue weighted by molar-refractivity contribution is 0.385. The van der Waals surface area contributed by atoms with E-state index in [0.717, 1.165) is 0 Å². The molecule has 1 N–H and O–H groups in total. The fraction of sp³-hybridized carbons (Fsp3) is 0.250. The number of rotatable bonds is 5. The van der Waals surface area contributed by atoms with Gasteiger partial charge in [-0.3, -0.25) is 0 Å². The summed E-state index contributed by atoms with van der Waals surface area (Å²) in [5.41, 5.74) is 1.16. The molecular weight excluding hydrogens is 260 g/mol. The van der Waals surface area contributed by atoms with Gasteiger partial charge >= 0.3 is 0 Å². The van der Waals surface area contributed by atoms with Crippen molar-refractivity contribution in [3.8, 4) is 5.75 Å². The summed E-state index contributed by atoms with van der Waals surface area (Å²) in [7, 11) is 1.41. The minimum atomic E-state index is -0.454. The zero-order valence-corrected chi connectivity index (χ0v) is 11.5. The van der Waals surface area contributed by atoms with Crippen LogP contribution in [0, 0.1) is 11.6 Å². The molecular formula is C16H17F2NO. The smallest absolute Gasteiger partial charge is 0.165 e. The lowest BCUT2D eigenvalue weighted by Gasteiger charge is -2.20. The minimum Gasteiger partial charge on any atom is -0.494 e. The standard InChI is InChI=1S/C16H17F2NO/c1-3-19-16(12-6-4-5-7-13(12)17)11-8-9-15(20-2)14(18)10-11/h4-10,16,19H,3H2,1-2H3. The summed E-state index contributed by atoms with van der Waals surface area (Å²) in [5, 5.41) is 3.17. The lowest BCUT2D eigenvalue weighted by atomic mass is 9.98. The maximum atomic E-state index is 13.9. The zero-order valence-electron chi connectivity index (χ0n) is 11.5. The molecule has 1 atom stereocenters. The predicted molar refractivity (Wildman–Crippen MR) is 74.9 cm³/mol. The highest BCUT2D eigenvalue weighted by atomic mass is 19.1. The molecule has 0 spiro atoms. The summed E-state index contributed by atoms with van der Waals surface area (Å²) in [6, 6.07) is 10.8. The van der Waals surface area contributed by atoms with Crippen molar-refractivity contribution in [3.63, 3.8) is 0 Å². The molecule has 2 aromatic carbocycles. The fourth-order valence-electron chi connectivity index (χ4n) is 2.18. The van der Waals surface area contributed by atoms with Gasteiger partial charge in [-0.1, -0.05) is 31.2 Å². The molecule has 1 unspecified atom stereocenters. The van der Waals surface area contributed by atoms with E-state index < -0.39 is 5.82 Å². The SMILES string of the molecule is CCNC(c1ccc(OC)c(F)c1)c1ccccc1F. The van der Waals surface area contributed by atoms with Gasteiger partial charge in [-0.2, -0.15) is 0 Å². The van der Waals surface area contributed by atoms with Crippen LogP contribution in [0.3, 0.4) is 0 Å². The van der Waals surface area contributed by atoms with E-state index in [1.165, 1.54) is 19.2 Å². The highest BCUT2D eigenvalue weighted by Crippen LogP contribution is 2.27. The molecule has 0 aliphatic carbocycles. The van der Waals surface area contributed by atoms with Gasteiger partial charge in [-0.05, 0) is 30.3 Å². The molecule has 4 heteroatoms. The number of methoxy groups -OCH3 is 1. The molecule has 106 valence electrons. The average Bonchev–Trinajstić information content (AvgIpc) is 2.46. The first-order chi connectivity index (χ1) is 9.67. The van der Waals surface area contributed by atoms with Gasteiger partial charge in [0.2, 0.25) is 0 Å². The van der Waals surface area contributed by atoms with Crippen molar-refractivity contribution >= 4 is 0 Å². The van der Waals surface area contributed by atoms with Crippen molar-refractivity contribution in [2.45, 2.75) is 13.0 Å². The Morgan fingerprint density at radius 3 is 2.45 bits per heavy atom. The number of benzene rings is 2. The maximum absolute atomic E-state index is 13.9. The normalized spacial score (nSPS) is 12.2. The molecule has 2 aromatic rings. The Balaban J connectivity index is 2.43. The van der Waals surface area contributed by atoms with E-state index >= 15 is 0 Å². The van der Waals surface area contributed by atoms with E-state index in [0.29, 0.717) is 17.7 Å². The van der Waals surface area contributed by atoms with Crippen LogP contribution in [0.15, 0.2) is 42.5 Å². The molecule has 0 bridgehead atoms. The largest absolute Gasteiger partial charge is 0.494 e. The zero-order chi connectivity index (χ0) is 14.5. The second-order valence-electron chi connectivity index (χ2n) is 4.41. The molecule has 0 amide bonds. The summed E-state index contributed by atoms with van der Waals surface area (Å²) in [4.78, 5) is 0. The molecule has 0 fully saturated rings. The van der Waals surface area contributed by atoms with Crippen molar-refractivity contribution in [3.05, 3.63) is 65.2 Å². The van der Waals surface area contributed by atoms with E-state index in [2.05, 4.69) is 5.32 Å². The highest BCUT2D eigenvalue weighted by molar-refractivity contribution is 5.37. The summed E-state index contributed by atoms with van der Waals surface area (Å²) in [6.45, 7) is 2.57. The van der Waals surface area contributed by atoms with Crippen LogP contribution in [0.5, 0.6) is 5.75 Å². The van der Waals surface area contributed by atoms with Crippen LogP contribution in [0.25, 0.3) is 0 Å².